The first kappa shape index (κ1) is 21.7. The van der Waals surface area contributed by atoms with E-state index < -0.39 is 0 Å². The summed E-state index contributed by atoms with van der Waals surface area (Å²) in [5.74, 6) is 1.64. The number of aromatic amines is 1. The van der Waals surface area contributed by atoms with Crippen molar-refractivity contribution in [3.8, 4) is 17.1 Å². The summed E-state index contributed by atoms with van der Waals surface area (Å²) in [6.07, 6.45) is 0. The molecule has 5 rings (SSSR count). The molecule has 164 valence electrons. The Balaban J connectivity index is 1.53. The predicted octanol–water partition coefficient (Wildman–Crippen LogP) is 6.08. The molecule has 0 fully saturated rings. The highest BCUT2D eigenvalue weighted by molar-refractivity contribution is 7.98. The van der Waals surface area contributed by atoms with Crippen LogP contribution < -0.4 is 5.56 Å². The van der Waals surface area contributed by atoms with E-state index in [1.165, 1.54) is 11.8 Å². The highest BCUT2D eigenvalue weighted by Gasteiger charge is 2.17. The monoisotopic (exact) mass is 493 g/mol. The van der Waals surface area contributed by atoms with Gasteiger partial charge >= 0.3 is 0 Å². The van der Waals surface area contributed by atoms with E-state index in [4.69, 9.17) is 23.2 Å². The molecule has 0 saturated carbocycles. The zero-order chi connectivity index (χ0) is 22.9. The van der Waals surface area contributed by atoms with Crippen molar-refractivity contribution in [1.29, 1.82) is 0 Å². The number of halogens is 2. The average Bonchev–Trinajstić information content (AvgIpc) is 3.22. The van der Waals surface area contributed by atoms with Gasteiger partial charge in [0.2, 0.25) is 0 Å². The van der Waals surface area contributed by atoms with Gasteiger partial charge in [0, 0.05) is 21.3 Å². The lowest BCUT2D eigenvalue weighted by Crippen LogP contribution is -2.11. The van der Waals surface area contributed by atoms with Crippen molar-refractivity contribution in [2.24, 2.45) is 0 Å². The fourth-order valence-corrected chi connectivity index (χ4v) is 4.55. The summed E-state index contributed by atoms with van der Waals surface area (Å²) in [6.45, 7) is 2.04. The molecule has 0 bridgehead atoms. The first-order valence-corrected chi connectivity index (χ1v) is 11.8. The lowest BCUT2D eigenvalue weighted by Gasteiger charge is -2.11. The molecule has 0 amide bonds. The third-order valence-electron chi connectivity index (χ3n) is 5.08. The van der Waals surface area contributed by atoms with Crippen LogP contribution in [0.25, 0.3) is 28.0 Å². The lowest BCUT2D eigenvalue weighted by molar-refractivity contribution is 0.883. The van der Waals surface area contributed by atoms with Gasteiger partial charge in [-0.25, -0.2) is 4.98 Å². The van der Waals surface area contributed by atoms with Crippen LogP contribution in [-0.4, -0.2) is 24.7 Å². The first-order chi connectivity index (χ1) is 16.0. The van der Waals surface area contributed by atoms with E-state index in [2.05, 4.69) is 20.2 Å². The quantitative estimate of drug-likeness (QED) is 0.300. The second-order valence-electron chi connectivity index (χ2n) is 7.45. The molecular weight excluding hydrogens is 477 g/mol. The van der Waals surface area contributed by atoms with Gasteiger partial charge in [0.15, 0.2) is 11.0 Å². The average molecular weight is 494 g/mol. The Morgan fingerprint density at radius 2 is 1.67 bits per heavy atom. The van der Waals surface area contributed by atoms with Gasteiger partial charge in [-0.2, -0.15) is 0 Å². The molecule has 0 atom stereocenters. The van der Waals surface area contributed by atoms with Gasteiger partial charge in [0.05, 0.1) is 16.7 Å². The maximum atomic E-state index is 12.5. The lowest BCUT2D eigenvalue weighted by atomic mass is 10.1. The van der Waals surface area contributed by atoms with E-state index >= 15 is 0 Å². The maximum absolute atomic E-state index is 12.5. The number of H-pyrrole nitrogens is 1. The van der Waals surface area contributed by atoms with Gasteiger partial charge in [-0.15, -0.1) is 10.2 Å². The van der Waals surface area contributed by atoms with E-state index in [0.717, 1.165) is 16.8 Å². The van der Waals surface area contributed by atoms with Gasteiger partial charge in [-0.05, 0) is 49.4 Å². The van der Waals surface area contributed by atoms with Crippen molar-refractivity contribution in [1.82, 2.24) is 24.7 Å². The molecule has 0 aliphatic heterocycles. The number of fused-ring (bicyclic) bond motifs is 1. The standard InChI is InChI=1S/C24H17Cl2N5OS/c1-14-2-4-15(5-3-14)22-29-30-24(31(22)18-9-6-16(25)7-10-18)33-13-21-27-20-12-17(26)8-11-19(20)23(32)28-21/h2-12H,13H2,1H3,(H,27,28,32). The number of hydrogen-bond donors (Lipinski definition) is 1. The number of rotatable bonds is 5. The third-order valence-corrected chi connectivity index (χ3v) is 6.51. The molecule has 0 spiro atoms. The van der Waals surface area contributed by atoms with Crippen LogP contribution in [0, 0.1) is 6.92 Å². The zero-order valence-electron chi connectivity index (χ0n) is 17.4. The van der Waals surface area contributed by atoms with Gasteiger partial charge in [-0.1, -0.05) is 64.8 Å². The van der Waals surface area contributed by atoms with Crippen LogP contribution >= 0.6 is 35.0 Å². The highest BCUT2D eigenvalue weighted by Crippen LogP contribution is 2.30. The van der Waals surface area contributed by atoms with Gasteiger partial charge in [0.25, 0.3) is 5.56 Å². The maximum Gasteiger partial charge on any atom is 0.258 e. The van der Waals surface area contributed by atoms with Crippen molar-refractivity contribution < 1.29 is 0 Å². The number of aromatic nitrogens is 5. The summed E-state index contributed by atoms with van der Waals surface area (Å²) in [4.78, 5) is 19.9. The first-order valence-electron chi connectivity index (χ1n) is 10.1. The van der Waals surface area contributed by atoms with E-state index in [0.29, 0.717) is 43.5 Å². The Hall–Kier alpha value is -3.13. The van der Waals surface area contributed by atoms with Crippen LogP contribution in [0.1, 0.15) is 11.4 Å². The molecule has 2 heterocycles. The number of benzene rings is 3. The van der Waals surface area contributed by atoms with Crippen molar-refractivity contribution in [2.45, 2.75) is 17.8 Å². The Morgan fingerprint density at radius 1 is 0.939 bits per heavy atom. The number of nitrogens with zero attached hydrogens (tertiary/aromatic N) is 4. The Morgan fingerprint density at radius 3 is 2.42 bits per heavy atom. The van der Waals surface area contributed by atoms with Crippen LogP contribution in [0.3, 0.4) is 0 Å². The van der Waals surface area contributed by atoms with Crippen LogP contribution in [0.2, 0.25) is 10.0 Å². The van der Waals surface area contributed by atoms with Crippen molar-refractivity contribution in [2.75, 3.05) is 0 Å². The molecule has 0 aliphatic carbocycles. The van der Waals surface area contributed by atoms with E-state index in [-0.39, 0.29) is 5.56 Å². The summed E-state index contributed by atoms with van der Waals surface area (Å²) in [5.41, 5.74) is 3.35. The number of thioether (sulfide) groups is 1. The van der Waals surface area contributed by atoms with Crippen molar-refractivity contribution in [3.63, 3.8) is 0 Å². The molecule has 33 heavy (non-hydrogen) atoms. The Labute approximate surface area is 203 Å². The van der Waals surface area contributed by atoms with Gasteiger partial charge < -0.3 is 4.98 Å². The molecular formula is C24H17Cl2N5OS. The van der Waals surface area contributed by atoms with Crippen molar-refractivity contribution >= 4 is 45.9 Å². The predicted molar refractivity (Wildman–Crippen MR) is 133 cm³/mol. The summed E-state index contributed by atoms with van der Waals surface area (Å²) < 4.78 is 1.97. The van der Waals surface area contributed by atoms with Gasteiger partial charge in [0.1, 0.15) is 5.82 Å². The zero-order valence-corrected chi connectivity index (χ0v) is 19.7. The number of hydrogen-bond acceptors (Lipinski definition) is 5. The largest absolute Gasteiger partial charge is 0.309 e. The summed E-state index contributed by atoms with van der Waals surface area (Å²) in [7, 11) is 0. The van der Waals surface area contributed by atoms with Gasteiger partial charge in [-0.3, -0.25) is 9.36 Å². The Bertz CT molecular complexity index is 1510. The molecule has 0 radical (unpaired) electrons. The fourth-order valence-electron chi connectivity index (χ4n) is 3.44. The number of aryl methyl sites for hydroxylation is 1. The molecule has 9 heteroatoms. The number of nitrogens with one attached hydrogen (secondary N) is 1. The third kappa shape index (κ3) is 4.53. The molecule has 6 nitrogen and oxygen atoms in total. The molecule has 0 aliphatic rings. The SMILES string of the molecule is Cc1ccc(-c2nnc(SCc3nc4cc(Cl)ccc4c(=O)[nH]3)n2-c2ccc(Cl)cc2)cc1. The van der Waals surface area contributed by atoms with Crippen molar-refractivity contribution in [3.05, 3.63) is 98.5 Å². The molecule has 1 N–H and O–H groups in total. The molecule has 3 aromatic carbocycles. The minimum Gasteiger partial charge on any atom is -0.309 e. The van der Waals surface area contributed by atoms with E-state index in [1.807, 2.05) is 60.0 Å². The summed E-state index contributed by atoms with van der Waals surface area (Å²) in [5, 5.41) is 11.2. The normalized spacial score (nSPS) is 11.2. The Kier molecular flexibility index (Phi) is 5.93. The van der Waals surface area contributed by atoms with E-state index in [9.17, 15) is 4.79 Å². The van der Waals surface area contributed by atoms with Crippen LogP contribution in [0.4, 0.5) is 0 Å². The summed E-state index contributed by atoms with van der Waals surface area (Å²) >= 11 is 13.6. The summed E-state index contributed by atoms with van der Waals surface area (Å²) in [6, 6.07) is 20.7. The van der Waals surface area contributed by atoms with E-state index in [1.54, 1.807) is 18.2 Å². The van der Waals surface area contributed by atoms with Crippen LogP contribution in [0.15, 0.2) is 76.7 Å². The second-order valence-corrected chi connectivity index (χ2v) is 9.26. The van der Waals surface area contributed by atoms with Crippen LogP contribution in [-0.2, 0) is 5.75 Å². The van der Waals surface area contributed by atoms with Crippen LogP contribution in [0.5, 0.6) is 0 Å². The highest BCUT2D eigenvalue weighted by atomic mass is 35.5. The fraction of sp³-hybridized carbons (Fsp3) is 0.0833. The molecule has 5 aromatic rings. The smallest absolute Gasteiger partial charge is 0.258 e. The molecule has 0 unspecified atom stereocenters. The minimum absolute atomic E-state index is 0.202. The minimum atomic E-state index is -0.202. The molecule has 2 aromatic heterocycles. The molecule has 0 saturated heterocycles. The topological polar surface area (TPSA) is 76.5 Å². The second kappa shape index (κ2) is 9.02.